The highest BCUT2D eigenvalue weighted by molar-refractivity contribution is 5.55. The Morgan fingerprint density at radius 2 is 1.57 bits per heavy atom. The van der Waals surface area contributed by atoms with Crippen LogP contribution in [0.5, 0.6) is 23.0 Å². The fraction of sp³-hybridized carbons (Fsp3) is 0.625. The Balaban J connectivity index is 2.79. The minimum Gasteiger partial charge on any atom is -0.493 e. The van der Waals surface area contributed by atoms with Gasteiger partial charge in [-0.25, -0.2) is 0 Å². The molecule has 5 nitrogen and oxygen atoms in total. The van der Waals surface area contributed by atoms with Gasteiger partial charge in [-0.15, -0.1) is 0 Å². The molecule has 0 radical (unpaired) electrons. The summed E-state index contributed by atoms with van der Waals surface area (Å²) in [7, 11) is 4.77. The lowest BCUT2D eigenvalue weighted by Gasteiger charge is -2.20. The van der Waals surface area contributed by atoms with E-state index in [0.717, 1.165) is 13.0 Å². The monoisotopic (exact) mass is 297 g/mol. The van der Waals surface area contributed by atoms with Crippen molar-refractivity contribution in [3.8, 4) is 23.0 Å². The van der Waals surface area contributed by atoms with Gasteiger partial charge in [-0.1, -0.05) is 6.92 Å². The minimum absolute atomic E-state index is 0.0433. The zero-order valence-corrected chi connectivity index (χ0v) is 13.9. The summed E-state index contributed by atoms with van der Waals surface area (Å²) in [6.07, 6.45) is 1.14. The molecule has 21 heavy (non-hydrogen) atoms. The van der Waals surface area contributed by atoms with Gasteiger partial charge in [-0.05, 0) is 20.3 Å². The van der Waals surface area contributed by atoms with Gasteiger partial charge in [0, 0.05) is 24.7 Å². The fourth-order valence-electron chi connectivity index (χ4n) is 1.91. The van der Waals surface area contributed by atoms with Crippen molar-refractivity contribution in [2.24, 2.45) is 0 Å². The van der Waals surface area contributed by atoms with Crippen molar-refractivity contribution in [3.63, 3.8) is 0 Å². The molecule has 2 unspecified atom stereocenters. The first-order chi connectivity index (χ1) is 10.0. The molecule has 0 fully saturated rings. The Morgan fingerprint density at radius 1 is 1.00 bits per heavy atom. The fourth-order valence-corrected chi connectivity index (χ4v) is 1.91. The van der Waals surface area contributed by atoms with E-state index in [1.807, 2.05) is 6.92 Å². The van der Waals surface area contributed by atoms with Crippen LogP contribution in [0, 0.1) is 0 Å². The summed E-state index contributed by atoms with van der Waals surface area (Å²) in [5.74, 6) is 2.45. The summed E-state index contributed by atoms with van der Waals surface area (Å²) in [5, 5.41) is 3.42. The van der Waals surface area contributed by atoms with Gasteiger partial charge >= 0.3 is 0 Å². The highest BCUT2D eigenvalue weighted by atomic mass is 16.5. The molecule has 120 valence electrons. The van der Waals surface area contributed by atoms with Gasteiger partial charge in [0.1, 0.15) is 11.9 Å². The largest absolute Gasteiger partial charge is 0.493 e. The van der Waals surface area contributed by atoms with Crippen molar-refractivity contribution in [2.75, 3.05) is 27.9 Å². The second kappa shape index (κ2) is 8.62. The molecule has 1 aromatic carbocycles. The number of nitrogens with one attached hydrogen (secondary N) is 1. The summed E-state index contributed by atoms with van der Waals surface area (Å²) in [6, 6.07) is 4.10. The van der Waals surface area contributed by atoms with Crippen molar-refractivity contribution in [1.29, 1.82) is 0 Å². The van der Waals surface area contributed by atoms with Gasteiger partial charge in [0.15, 0.2) is 11.5 Å². The number of hydrogen-bond acceptors (Lipinski definition) is 5. The molecule has 5 heteroatoms. The third kappa shape index (κ3) is 5.01. The summed E-state index contributed by atoms with van der Waals surface area (Å²) in [5.41, 5.74) is 0. The van der Waals surface area contributed by atoms with E-state index in [-0.39, 0.29) is 6.10 Å². The first kappa shape index (κ1) is 17.4. The van der Waals surface area contributed by atoms with E-state index >= 15 is 0 Å². The SMILES string of the molecule is CCC(C)NCC(C)Oc1cc(OC)c(OC)c(OC)c1. The third-order valence-corrected chi connectivity index (χ3v) is 3.34. The van der Waals surface area contributed by atoms with Crippen molar-refractivity contribution in [2.45, 2.75) is 39.3 Å². The van der Waals surface area contributed by atoms with Crippen LogP contribution in [0.3, 0.4) is 0 Å². The van der Waals surface area contributed by atoms with E-state index in [2.05, 4.69) is 19.2 Å². The predicted molar refractivity (Wildman–Crippen MR) is 83.9 cm³/mol. The van der Waals surface area contributed by atoms with Crippen LogP contribution in [-0.4, -0.2) is 40.0 Å². The van der Waals surface area contributed by atoms with Crippen LogP contribution in [-0.2, 0) is 0 Å². The molecule has 0 spiro atoms. The van der Waals surface area contributed by atoms with Gasteiger partial charge in [0.2, 0.25) is 5.75 Å². The van der Waals surface area contributed by atoms with E-state index in [1.54, 1.807) is 33.5 Å². The van der Waals surface area contributed by atoms with Gasteiger partial charge in [0.05, 0.1) is 21.3 Å². The van der Waals surface area contributed by atoms with Crippen molar-refractivity contribution in [3.05, 3.63) is 12.1 Å². The number of benzene rings is 1. The molecule has 0 heterocycles. The summed E-state index contributed by atoms with van der Waals surface area (Å²) in [6.45, 7) is 7.12. The average molecular weight is 297 g/mol. The highest BCUT2D eigenvalue weighted by Gasteiger charge is 2.15. The predicted octanol–water partition coefficient (Wildman–Crippen LogP) is 2.87. The molecule has 0 aliphatic carbocycles. The maximum Gasteiger partial charge on any atom is 0.203 e. The average Bonchev–Trinajstić information content (AvgIpc) is 2.51. The number of rotatable bonds is 9. The number of ether oxygens (including phenoxy) is 4. The molecule has 0 saturated carbocycles. The maximum atomic E-state index is 5.92. The van der Waals surface area contributed by atoms with Gasteiger partial charge in [0.25, 0.3) is 0 Å². The van der Waals surface area contributed by atoms with Crippen LogP contribution in [0.1, 0.15) is 27.2 Å². The Morgan fingerprint density at radius 3 is 2.00 bits per heavy atom. The summed E-state index contributed by atoms with van der Waals surface area (Å²) >= 11 is 0. The van der Waals surface area contributed by atoms with Crippen LogP contribution in [0.2, 0.25) is 0 Å². The Kier molecular flexibility index (Phi) is 7.15. The van der Waals surface area contributed by atoms with Crippen molar-refractivity contribution in [1.82, 2.24) is 5.32 Å². The zero-order valence-electron chi connectivity index (χ0n) is 13.9. The molecular weight excluding hydrogens is 270 g/mol. The smallest absolute Gasteiger partial charge is 0.203 e. The Hall–Kier alpha value is -1.62. The molecule has 0 aliphatic rings. The molecule has 0 saturated heterocycles. The van der Waals surface area contributed by atoms with E-state index in [1.165, 1.54) is 0 Å². The molecule has 1 N–H and O–H groups in total. The first-order valence-electron chi connectivity index (χ1n) is 7.25. The van der Waals surface area contributed by atoms with Crippen LogP contribution in [0.4, 0.5) is 0 Å². The van der Waals surface area contributed by atoms with Gasteiger partial charge in [-0.3, -0.25) is 0 Å². The second-order valence-corrected chi connectivity index (χ2v) is 5.01. The molecule has 1 rings (SSSR count). The topological polar surface area (TPSA) is 49.0 Å². The molecule has 0 bridgehead atoms. The van der Waals surface area contributed by atoms with Crippen LogP contribution >= 0.6 is 0 Å². The lowest BCUT2D eigenvalue weighted by Crippen LogP contribution is -2.34. The minimum atomic E-state index is 0.0433. The molecule has 2 atom stereocenters. The van der Waals surface area contributed by atoms with Crippen molar-refractivity contribution >= 4 is 0 Å². The first-order valence-corrected chi connectivity index (χ1v) is 7.25. The molecule has 0 amide bonds. The number of methoxy groups -OCH3 is 3. The van der Waals surface area contributed by atoms with E-state index in [0.29, 0.717) is 29.0 Å². The molecule has 0 aliphatic heterocycles. The molecular formula is C16H27NO4. The lowest BCUT2D eigenvalue weighted by molar-refractivity contribution is 0.209. The maximum absolute atomic E-state index is 5.92. The van der Waals surface area contributed by atoms with Gasteiger partial charge < -0.3 is 24.3 Å². The third-order valence-electron chi connectivity index (χ3n) is 3.34. The summed E-state index contributed by atoms with van der Waals surface area (Å²) in [4.78, 5) is 0. The Labute approximate surface area is 127 Å². The highest BCUT2D eigenvalue weighted by Crippen LogP contribution is 2.40. The lowest BCUT2D eigenvalue weighted by atomic mass is 10.2. The Bertz CT molecular complexity index is 411. The number of hydrogen-bond donors (Lipinski definition) is 1. The van der Waals surface area contributed by atoms with Crippen LogP contribution in [0.15, 0.2) is 12.1 Å². The van der Waals surface area contributed by atoms with Crippen molar-refractivity contribution < 1.29 is 18.9 Å². The second-order valence-electron chi connectivity index (χ2n) is 5.01. The van der Waals surface area contributed by atoms with Crippen LogP contribution < -0.4 is 24.3 Å². The normalized spacial score (nSPS) is 13.4. The van der Waals surface area contributed by atoms with E-state index in [4.69, 9.17) is 18.9 Å². The zero-order chi connectivity index (χ0) is 15.8. The van der Waals surface area contributed by atoms with E-state index in [9.17, 15) is 0 Å². The van der Waals surface area contributed by atoms with Gasteiger partial charge in [-0.2, -0.15) is 0 Å². The van der Waals surface area contributed by atoms with Crippen LogP contribution in [0.25, 0.3) is 0 Å². The molecule has 0 aromatic heterocycles. The summed E-state index contributed by atoms with van der Waals surface area (Å²) < 4.78 is 21.8. The standard InChI is InChI=1S/C16H27NO4/c1-7-11(2)17-10-12(3)21-13-8-14(18-4)16(20-6)15(9-13)19-5/h8-9,11-12,17H,7,10H2,1-6H3. The quantitative estimate of drug-likeness (QED) is 0.759. The van der Waals surface area contributed by atoms with E-state index < -0.39 is 0 Å². The molecule has 1 aromatic rings.